The van der Waals surface area contributed by atoms with Crippen molar-refractivity contribution in [2.45, 2.75) is 0 Å². The lowest BCUT2D eigenvalue weighted by Crippen LogP contribution is -1.81. The number of nitrogens with zero attached hydrogens (tertiary/aromatic N) is 2. The molecule has 0 atom stereocenters. The van der Waals surface area contributed by atoms with Gasteiger partial charge in [-0.1, -0.05) is 0 Å². The summed E-state index contributed by atoms with van der Waals surface area (Å²) in [5.74, 6) is 0. The third kappa shape index (κ3) is 0.430. The Hall–Kier alpha value is -0.725. The highest BCUT2D eigenvalue weighted by Gasteiger charge is 1.69. The number of rotatable bonds is 0. The third-order valence-corrected chi connectivity index (χ3v) is 0.637. The molecule has 0 fully saturated rings. The Kier molecular flexibility index (Phi) is 0.672. The van der Waals surface area contributed by atoms with Crippen molar-refractivity contribution in [1.29, 1.82) is 0 Å². The van der Waals surface area contributed by atoms with Gasteiger partial charge in [0.25, 0.3) is 0 Å². The van der Waals surface area contributed by atoms with Crippen LogP contribution >= 0.6 is 0 Å². The zero-order valence-corrected chi connectivity index (χ0v) is 3.63. The molecule has 1 rings (SSSR count). The second-order valence-electron chi connectivity index (χ2n) is 1.23. The molecule has 0 N–H and O–H groups in total. The lowest BCUT2D eigenvalue weighted by molar-refractivity contribution is 1.21. The predicted molar refractivity (Wildman–Crippen MR) is 26.2 cm³/mol. The molecule has 0 aliphatic heterocycles. The zero-order valence-electron chi connectivity index (χ0n) is 3.63. The Bertz CT molecular complexity index is 112. The second kappa shape index (κ2) is 1.16. The first-order valence-electron chi connectivity index (χ1n) is 1.81. The fraction of sp³-hybridized carbons (Fsp3) is 0. The van der Waals surface area contributed by atoms with Crippen molar-refractivity contribution in [1.82, 2.24) is 9.46 Å². The molecule has 30 valence electrons. The molecule has 0 saturated carbocycles. The largest absolute Gasteiger partial charge is 0.389 e. The molecule has 1 aromatic rings. The van der Waals surface area contributed by atoms with Crippen LogP contribution in [0.1, 0.15) is 0 Å². The molecule has 1 aromatic heterocycles. The van der Waals surface area contributed by atoms with Gasteiger partial charge in [-0.05, 0) is 0 Å². The van der Waals surface area contributed by atoms with E-state index in [-0.39, 0.29) is 0 Å². The van der Waals surface area contributed by atoms with Gasteiger partial charge in [-0.2, -0.15) is 0 Å². The minimum Gasteiger partial charge on any atom is -0.389 e. The minimum absolute atomic E-state index is 1.75. The standard InChI is InChI=1S/C3H5BN2/c4-6-2-1-5-3-6/h1-3H,4H2. The Morgan fingerprint density at radius 2 is 2.50 bits per heavy atom. The maximum Gasteiger partial charge on any atom is 0.224 e. The molecule has 0 saturated heterocycles. The quantitative estimate of drug-likeness (QED) is 0.376. The summed E-state index contributed by atoms with van der Waals surface area (Å²) in [6.07, 6.45) is 5.39. The van der Waals surface area contributed by atoms with Crippen LogP contribution in [0.2, 0.25) is 0 Å². The SMILES string of the molecule is Bn1ccnc1. The first-order chi connectivity index (χ1) is 2.89. The topological polar surface area (TPSA) is 17.8 Å². The van der Waals surface area contributed by atoms with Gasteiger partial charge >= 0.3 is 0 Å². The summed E-state index contributed by atoms with van der Waals surface area (Å²) in [7, 11) is 1.94. The van der Waals surface area contributed by atoms with E-state index in [2.05, 4.69) is 4.98 Å². The van der Waals surface area contributed by atoms with Gasteiger partial charge in [-0.3, -0.25) is 0 Å². The number of imidazole rings is 1. The lowest BCUT2D eigenvalue weighted by Gasteiger charge is -1.76. The van der Waals surface area contributed by atoms with Gasteiger partial charge in [0.05, 0.1) is 6.33 Å². The van der Waals surface area contributed by atoms with E-state index in [0.717, 1.165) is 0 Å². The molecule has 0 aliphatic rings. The van der Waals surface area contributed by atoms with E-state index in [1.54, 1.807) is 12.5 Å². The number of aromatic nitrogens is 2. The van der Waals surface area contributed by atoms with Crippen LogP contribution < -0.4 is 0 Å². The first-order valence-corrected chi connectivity index (χ1v) is 1.81. The molecule has 0 bridgehead atoms. The van der Waals surface area contributed by atoms with Crippen molar-refractivity contribution < 1.29 is 0 Å². The predicted octanol–water partition coefficient (Wildman–Crippen LogP) is -0.721. The number of hydrogen-bond acceptors (Lipinski definition) is 1. The smallest absolute Gasteiger partial charge is 0.224 e. The van der Waals surface area contributed by atoms with Crippen LogP contribution in [0.25, 0.3) is 0 Å². The summed E-state index contributed by atoms with van der Waals surface area (Å²) in [4.78, 5) is 3.78. The van der Waals surface area contributed by atoms with Crippen LogP contribution in [0, 0.1) is 0 Å². The van der Waals surface area contributed by atoms with Crippen LogP contribution in [0.5, 0.6) is 0 Å². The van der Waals surface area contributed by atoms with Crippen LogP contribution in [0.15, 0.2) is 18.7 Å². The van der Waals surface area contributed by atoms with Crippen LogP contribution in [-0.2, 0) is 0 Å². The van der Waals surface area contributed by atoms with Crippen molar-refractivity contribution in [3.05, 3.63) is 18.7 Å². The Balaban J connectivity index is 3.05. The molecule has 3 heteroatoms. The van der Waals surface area contributed by atoms with E-state index in [1.807, 2.05) is 18.7 Å². The molecule has 0 aromatic carbocycles. The summed E-state index contributed by atoms with van der Waals surface area (Å²) >= 11 is 0. The average molecular weight is 79.9 g/mol. The molecule has 0 spiro atoms. The summed E-state index contributed by atoms with van der Waals surface area (Å²) in [5, 5.41) is 0. The van der Waals surface area contributed by atoms with Crippen molar-refractivity contribution in [2.24, 2.45) is 0 Å². The third-order valence-electron chi connectivity index (χ3n) is 0.637. The molecule has 1 heterocycles. The van der Waals surface area contributed by atoms with E-state index >= 15 is 0 Å². The van der Waals surface area contributed by atoms with Gasteiger partial charge in [0.2, 0.25) is 7.98 Å². The normalized spacial score (nSPS) is 8.67. The van der Waals surface area contributed by atoms with E-state index < -0.39 is 0 Å². The first kappa shape index (κ1) is 3.46. The maximum absolute atomic E-state index is 3.78. The highest BCUT2D eigenvalue weighted by atomic mass is 14.9. The van der Waals surface area contributed by atoms with Gasteiger partial charge in [-0.25, -0.2) is 4.98 Å². The fourth-order valence-electron chi connectivity index (χ4n) is 0.326. The van der Waals surface area contributed by atoms with Crippen LogP contribution in [0.4, 0.5) is 0 Å². The second-order valence-corrected chi connectivity index (χ2v) is 1.23. The van der Waals surface area contributed by atoms with Gasteiger partial charge in [0, 0.05) is 12.4 Å². The van der Waals surface area contributed by atoms with E-state index in [1.165, 1.54) is 0 Å². The maximum atomic E-state index is 3.78. The summed E-state index contributed by atoms with van der Waals surface area (Å²) in [6, 6.07) is 0. The van der Waals surface area contributed by atoms with Gasteiger partial charge < -0.3 is 4.48 Å². The van der Waals surface area contributed by atoms with E-state index in [4.69, 9.17) is 0 Å². The van der Waals surface area contributed by atoms with Gasteiger partial charge in [-0.15, -0.1) is 0 Å². The van der Waals surface area contributed by atoms with Crippen molar-refractivity contribution in [3.63, 3.8) is 0 Å². The minimum atomic E-state index is 1.75. The van der Waals surface area contributed by atoms with Gasteiger partial charge in [0.15, 0.2) is 0 Å². The van der Waals surface area contributed by atoms with Crippen molar-refractivity contribution in [2.75, 3.05) is 0 Å². The summed E-state index contributed by atoms with van der Waals surface area (Å²) in [6.45, 7) is 0. The lowest BCUT2D eigenvalue weighted by atomic mass is 10.4. The van der Waals surface area contributed by atoms with Crippen LogP contribution in [0.3, 0.4) is 0 Å². The molecule has 6 heavy (non-hydrogen) atoms. The zero-order chi connectivity index (χ0) is 4.41. The van der Waals surface area contributed by atoms with Crippen molar-refractivity contribution >= 4 is 7.98 Å². The highest BCUT2D eigenvalue weighted by Crippen LogP contribution is 1.72. The Labute approximate surface area is 37.2 Å². The van der Waals surface area contributed by atoms with Crippen LogP contribution in [-0.4, -0.2) is 17.4 Å². The summed E-state index contributed by atoms with van der Waals surface area (Å²) < 4.78 is 1.89. The molecule has 0 unspecified atom stereocenters. The molecule has 0 aliphatic carbocycles. The fourth-order valence-corrected chi connectivity index (χ4v) is 0.326. The molecule has 0 amide bonds. The van der Waals surface area contributed by atoms with E-state index in [0.29, 0.717) is 0 Å². The number of hydrogen-bond donors (Lipinski definition) is 0. The molecular formula is C3H5BN2. The Morgan fingerprint density at radius 3 is 2.67 bits per heavy atom. The van der Waals surface area contributed by atoms with Gasteiger partial charge in [0.1, 0.15) is 0 Å². The highest BCUT2D eigenvalue weighted by molar-refractivity contribution is 6.06. The van der Waals surface area contributed by atoms with E-state index in [9.17, 15) is 0 Å². The average Bonchev–Trinajstić information content (AvgIpc) is 1.86. The molecule has 2 nitrogen and oxygen atoms in total. The monoisotopic (exact) mass is 80.1 g/mol. The Morgan fingerprint density at radius 1 is 1.67 bits per heavy atom. The molecule has 0 radical (unpaired) electrons. The molecular weight excluding hydrogens is 74.9 g/mol. The summed E-state index contributed by atoms with van der Waals surface area (Å²) in [5.41, 5.74) is 0. The van der Waals surface area contributed by atoms with Crippen molar-refractivity contribution in [3.8, 4) is 0 Å².